The number of hydrogen-bond acceptors (Lipinski definition) is 8. The zero-order valence-corrected chi connectivity index (χ0v) is 19.3. The molecule has 1 aromatic rings. The summed E-state index contributed by atoms with van der Waals surface area (Å²) in [6, 6.07) is 4.92. The van der Waals surface area contributed by atoms with Crippen molar-refractivity contribution in [3.8, 4) is 0 Å². The van der Waals surface area contributed by atoms with E-state index in [9.17, 15) is 24.0 Å². The Morgan fingerprint density at radius 2 is 1.85 bits per heavy atom. The van der Waals surface area contributed by atoms with Gasteiger partial charge in [0.05, 0.1) is 6.04 Å². The van der Waals surface area contributed by atoms with Crippen LogP contribution in [0.25, 0.3) is 0 Å². The Kier molecular flexibility index (Phi) is 12.1. The Bertz CT molecular complexity index is 879. The van der Waals surface area contributed by atoms with Crippen LogP contribution in [0.1, 0.15) is 40.0 Å². The average Bonchev–Trinajstić information content (AvgIpc) is 2.78. The van der Waals surface area contributed by atoms with E-state index in [2.05, 4.69) is 25.5 Å². The lowest BCUT2D eigenvalue weighted by molar-refractivity contribution is -0.133. The Hall–Kier alpha value is -3.51. The summed E-state index contributed by atoms with van der Waals surface area (Å²) in [6.07, 6.45) is -0.620. The van der Waals surface area contributed by atoms with Crippen LogP contribution in [0.2, 0.25) is 0 Å². The van der Waals surface area contributed by atoms with E-state index in [-0.39, 0.29) is 37.7 Å². The maximum absolute atomic E-state index is 13.0. The fourth-order valence-electron chi connectivity index (χ4n) is 3.21. The highest BCUT2D eigenvalue weighted by atomic mass is 16.6. The topological polar surface area (TPSA) is 192 Å². The Morgan fingerprint density at radius 3 is 2.41 bits per heavy atom. The zero-order valence-electron chi connectivity index (χ0n) is 20.3. The first-order valence-corrected chi connectivity index (χ1v) is 10.7. The van der Waals surface area contributed by atoms with Crippen LogP contribution in [0.5, 0.6) is 0 Å². The van der Waals surface area contributed by atoms with Crippen molar-refractivity contribution in [1.82, 2.24) is 10.6 Å². The van der Waals surface area contributed by atoms with Gasteiger partial charge in [-0.2, -0.15) is 0 Å². The van der Waals surface area contributed by atoms with Gasteiger partial charge in [-0.3, -0.25) is 24.0 Å². The Balaban J connectivity index is 2.89. The third-order valence-corrected chi connectivity index (χ3v) is 4.91. The van der Waals surface area contributed by atoms with E-state index < -0.39 is 42.9 Å². The molecule has 1 aromatic carbocycles. The lowest BCUT2D eigenvalue weighted by Crippen LogP contribution is -2.47. The van der Waals surface area contributed by atoms with Crippen LogP contribution < -0.4 is 27.6 Å². The standard InChI is InChI=1S/C22H33N5O7/c1-14(2)20(27-19(30)12-34-24)18(29)10-16(4-3-9-25-22(23)32)21(31)26-17-7-5-15(6-8-17)11-33-13-28/h5-8,13-14,16,20H,3-4,9-12,24H2,1-2H3,(H,26,31)(H,27,30)(H3,23,25,32)/i13D. The number of nitrogens with one attached hydrogen (secondary N) is 3. The first-order valence-electron chi connectivity index (χ1n) is 11.2. The van der Waals surface area contributed by atoms with E-state index in [1.54, 1.807) is 38.1 Å². The van der Waals surface area contributed by atoms with Crippen LogP contribution in [-0.2, 0) is 35.4 Å². The predicted molar refractivity (Wildman–Crippen MR) is 123 cm³/mol. The van der Waals surface area contributed by atoms with Crippen molar-refractivity contribution in [2.45, 2.75) is 45.8 Å². The Morgan fingerprint density at radius 1 is 1.18 bits per heavy atom. The summed E-state index contributed by atoms with van der Waals surface area (Å²) in [7, 11) is 0. The molecule has 0 aliphatic rings. The van der Waals surface area contributed by atoms with Gasteiger partial charge in [0.2, 0.25) is 11.8 Å². The number of ether oxygens (including phenoxy) is 1. The number of carbonyl (C=O) groups is 5. The van der Waals surface area contributed by atoms with Crippen molar-refractivity contribution < 1.29 is 34.9 Å². The number of Topliss-reactive ketones (excluding diaryl/α,β-unsaturated/α-hetero) is 1. The van der Waals surface area contributed by atoms with E-state index >= 15 is 0 Å². The molecule has 2 unspecified atom stereocenters. The molecule has 0 aliphatic heterocycles. The second kappa shape index (κ2) is 15.3. The lowest BCUT2D eigenvalue weighted by Gasteiger charge is -2.24. The summed E-state index contributed by atoms with van der Waals surface area (Å²) >= 11 is 0. The summed E-state index contributed by atoms with van der Waals surface area (Å²) in [4.78, 5) is 63.7. The normalized spacial score (nSPS) is 12.8. The molecular weight excluding hydrogens is 446 g/mol. The van der Waals surface area contributed by atoms with Crippen LogP contribution in [-0.4, -0.2) is 49.3 Å². The average molecular weight is 481 g/mol. The van der Waals surface area contributed by atoms with Crippen LogP contribution in [0.4, 0.5) is 10.5 Å². The first kappa shape index (κ1) is 26.7. The van der Waals surface area contributed by atoms with Gasteiger partial charge in [-0.25, -0.2) is 10.7 Å². The molecule has 0 saturated carbocycles. The molecule has 0 radical (unpaired) electrons. The number of carbonyl (C=O) groups excluding carboxylic acids is 5. The maximum Gasteiger partial charge on any atom is 0.312 e. The molecule has 4 amide bonds. The van der Waals surface area contributed by atoms with Gasteiger partial charge in [0.1, 0.15) is 13.2 Å². The van der Waals surface area contributed by atoms with Crippen LogP contribution in [0, 0.1) is 11.8 Å². The van der Waals surface area contributed by atoms with Crippen molar-refractivity contribution in [3.05, 3.63) is 29.8 Å². The molecule has 34 heavy (non-hydrogen) atoms. The number of ketones is 1. The number of amides is 4. The minimum absolute atomic E-state index is 0.0714. The number of anilines is 1. The highest BCUT2D eigenvalue weighted by Crippen LogP contribution is 2.19. The Labute approximate surface area is 199 Å². The first-order chi connectivity index (χ1) is 16.5. The zero-order chi connectivity index (χ0) is 26.4. The van der Waals surface area contributed by atoms with Crippen molar-refractivity contribution in [2.24, 2.45) is 23.5 Å². The SMILES string of the molecule is [2H]C(=O)OCc1ccc(NC(=O)C(CCCNC(N)=O)CC(=O)C(NC(=O)CON)C(C)C)cc1. The summed E-state index contributed by atoms with van der Waals surface area (Å²) in [5.74, 6) is 2.63. The number of rotatable bonds is 15. The third-order valence-electron chi connectivity index (χ3n) is 4.91. The molecule has 2 atom stereocenters. The smallest absolute Gasteiger partial charge is 0.312 e. The fourth-order valence-corrected chi connectivity index (χ4v) is 3.21. The second-order valence-corrected chi connectivity index (χ2v) is 7.96. The van der Waals surface area contributed by atoms with Gasteiger partial charge in [0.25, 0.3) is 6.45 Å². The fraction of sp³-hybridized carbons (Fsp3) is 0.500. The van der Waals surface area contributed by atoms with Gasteiger partial charge in [-0.15, -0.1) is 0 Å². The molecule has 12 nitrogen and oxygen atoms in total. The van der Waals surface area contributed by atoms with Crippen LogP contribution >= 0.6 is 0 Å². The van der Waals surface area contributed by atoms with E-state index in [1.807, 2.05) is 0 Å². The number of nitrogens with two attached hydrogens (primary N) is 2. The van der Waals surface area contributed by atoms with Crippen molar-refractivity contribution >= 4 is 35.8 Å². The largest absolute Gasteiger partial charge is 0.463 e. The molecule has 188 valence electrons. The monoisotopic (exact) mass is 480 g/mol. The maximum atomic E-state index is 13.0. The minimum Gasteiger partial charge on any atom is -0.463 e. The molecule has 0 spiro atoms. The molecule has 0 aromatic heterocycles. The second-order valence-electron chi connectivity index (χ2n) is 7.96. The summed E-state index contributed by atoms with van der Waals surface area (Å²) in [5.41, 5.74) is 6.15. The van der Waals surface area contributed by atoms with Crippen LogP contribution in [0.15, 0.2) is 24.3 Å². The molecule has 0 heterocycles. The van der Waals surface area contributed by atoms with Gasteiger partial charge < -0.3 is 26.4 Å². The predicted octanol–water partition coefficient (Wildman–Crippen LogP) is 0.353. The number of benzene rings is 1. The summed E-state index contributed by atoms with van der Waals surface area (Å²) in [6.45, 7) is 3.28. The van der Waals surface area contributed by atoms with E-state index in [1.165, 1.54) is 0 Å². The molecule has 0 bridgehead atoms. The molecule has 12 heteroatoms. The minimum atomic E-state index is -1.15. The number of primary amides is 1. The quantitative estimate of drug-likeness (QED) is 0.135. The van der Waals surface area contributed by atoms with E-state index in [0.29, 0.717) is 17.7 Å². The molecule has 1 rings (SSSR count). The van der Waals surface area contributed by atoms with Gasteiger partial charge in [-0.05, 0) is 36.5 Å². The molecule has 0 saturated heterocycles. The number of urea groups is 1. The van der Waals surface area contributed by atoms with Gasteiger partial charge in [0, 0.05) is 24.6 Å². The molecule has 0 aliphatic carbocycles. The van der Waals surface area contributed by atoms with E-state index in [4.69, 9.17) is 13.0 Å². The lowest BCUT2D eigenvalue weighted by atomic mass is 9.89. The van der Waals surface area contributed by atoms with Gasteiger partial charge >= 0.3 is 6.03 Å². The van der Waals surface area contributed by atoms with Gasteiger partial charge in [0.15, 0.2) is 7.15 Å². The van der Waals surface area contributed by atoms with E-state index in [0.717, 1.165) is 0 Å². The molecule has 0 fully saturated rings. The molecule has 7 N–H and O–H groups in total. The van der Waals surface area contributed by atoms with Crippen LogP contribution in [0.3, 0.4) is 0 Å². The van der Waals surface area contributed by atoms with Crippen molar-refractivity contribution in [2.75, 3.05) is 18.5 Å². The van der Waals surface area contributed by atoms with Crippen molar-refractivity contribution in [3.63, 3.8) is 0 Å². The number of hydrogen-bond donors (Lipinski definition) is 5. The highest BCUT2D eigenvalue weighted by Gasteiger charge is 2.29. The van der Waals surface area contributed by atoms with Gasteiger partial charge in [-0.1, -0.05) is 26.0 Å². The summed E-state index contributed by atoms with van der Waals surface area (Å²) < 4.78 is 11.4. The van der Waals surface area contributed by atoms with Crippen molar-refractivity contribution in [1.29, 1.82) is 0 Å². The molecular formula is C22H33N5O7. The third kappa shape index (κ3) is 10.9. The summed E-state index contributed by atoms with van der Waals surface area (Å²) in [5, 5.41) is 7.76. The highest BCUT2D eigenvalue weighted by molar-refractivity contribution is 5.97.